The highest BCUT2D eigenvalue weighted by molar-refractivity contribution is 7.98. The molecule has 0 aliphatic heterocycles. The van der Waals surface area contributed by atoms with Gasteiger partial charge in [-0.1, -0.05) is 62.4 Å². The van der Waals surface area contributed by atoms with Crippen molar-refractivity contribution in [2.24, 2.45) is 5.92 Å². The van der Waals surface area contributed by atoms with Crippen molar-refractivity contribution in [2.45, 2.75) is 83.5 Å². The lowest BCUT2D eigenvalue weighted by Crippen LogP contribution is -2.41. The largest absolute Gasteiger partial charge is 0.480 e. The number of nitrogens with one attached hydrogen (secondary N) is 1. The predicted octanol–water partition coefficient (Wildman–Crippen LogP) is 7.04. The number of carboxylic acids is 1. The van der Waals surface area contributed by atoms with Gasteiger partial charge in [0.15, 0.2) is 0 Å². The first-order valence-corrected chi connectivity index (χ1v) is 18.1. The predicted molar refractivity (Wildman–Crippen MR) is 169 cm³/mol. The molecule has 0 bridgehead atoms. The van der Waals surface area contributed by atoms with Crippen molar-refractivity contribution in [1.29, 1.82) is 0 Å². The Morgan fingerprint density at radius 2 is 1.80 bits per heavy atom. The van der Waals surface area contributed by atoms with Crippen molar-refractivity contribution in [3.05, 3.63) is 59.2 Å². The Bertz CT molecular complexity index is 1360. The highest BCUT2D eigenvalue weighted by atomic mass is 32.2. The Balaban J connectivity index is 1.94. The van der Waals surface area contributed by atoms with Gasteiger partial charge < -0.3 is 10.4 Å². The zero-order valence-corrected chi connectivity index (χ0v) is 27.0. The molecule has 1 aliphatic carbocycles. The zero-order valence-electron chi connectivity index (χ0n) is 25.4. The second-order valence-corrected chi connectivity index (χ2v) is 14.6. The number of thioether (sulfide) groups is 1. The first-order valence-electron chi connectivity index (χ1n) is 15.1. The molecule has 0 aromatic heterocycles. The smallest absolute Gasteiger partial charge is 0.389 e. The normalized spacial score (nSPS) is 15.3. The van der Waals surface area contributed by atoms with Gasteiger partial charge in [0.1, 0.15) is 6.04 Å². The summed E-state index contributed by atoms with van der Waals surface area (Å²) in [6, 6.07) is 11.2. The number of alkyl halides is 3. The van der Waals surface area contributed by atoms with Crippen LogP contribution in [0.4, 0.5) is 13.2 Å². The van der Waals surface area contributed by atoms with E-state index in [2.05, 4.69) is 5.32 Å². The van der Waals surface area contributed by atoms with Crippen molar-refractivity contribution in [3.63, 3.8) is 0 Å². The van der Waals surface area contributed by atoms with E-state index < -0.39 is 52.7 Å². The monoisotopic (exact) mass is 656 g/mol. The third-order valence-corrected chi connectivity index (χ3v) is 10.7. The average molecular weight is 657 g/mol. The van der Waals surface area contributed by atoms with Gasteiger partial charge in [0.25, 0.3) is 5.91 Å². The van der Waals surface area contributed by atoms with E-state index in [1.165, 1.54) is 16.1 Å². The summed E-state index contributed by atoms with van der Waals surface area (Å²) in [4.78, 5) is 25.2. The summed E-state index contributed by atoms with van der Waals surface area (Å²) in [5.41, 5.74) is 2.95. The van der Waals surface area contributed by atoms with E-state index >= 15 is 0 Å². The van der Waals surface area contributed by atoms with Gasteiger partial charge in [-0.15, -0.1) is 0 Å². The Morgan fingerprint density at radius 1 is 1.09 bits per heavy atom. The van der Waals surface area contributed by atoms with Crippen molar-refractivity contribution < 1.29 is 36.3 Å². The summed E-state index contributed by atoms with van der Waals surface area (Å²) < 4.78 is 66.5. The lowest BCUT2D eigenvalue weighted by atomic mass is 9.87. The molecule has 0 spiro atoms. The van der Waals surface area contributed by atoms with Gasteiger partial charge >= 0.3 is 12.1 Å². The van der Waals surface area contributed by atoms with Crippen molar-refractivity contribution in [3.8, 4) is 11.1 Å². The number of nitrogens with zero attached hydrogens (tertiary/aromatic N) is 1. The van der Waals surface area contributed by atoms with E-state index in [4.69, 9.17) is 0 Å². The summed E-state index contributed by atoms with van der Waals surface area (Å²) in [6.45, 7) is 2.04. The third kappa shape index (κ3) is 11.1. The summed E-state index contributed by atoms with van der Waals surface area (Å²) in [6.07, 6.45) is 1.98. The molecule has 7 nitrogen and oxygen atoms in total. The minimum atomic E-state index is -4.43. The van der Waals surface area contributed by atoms with Crippen LogP contribution >= 0.6 is 11.8 Å². The summed E-state index contributed by atoms with van der Waals surface area (Å²) >= 11 is 1.48. The Morgan fingerprint density at radius 3 is 2.43 bits per heavy atom. The second kappa shape index (κ2) is 16.7. The third-order valence-electron chi connectivity index (χ3n) is 8.10. The van der Waals surface area contributed by atoms with Crippen LogP contribution in [0.3, 0.4) is 0 Å². The molecule has 2 aromatic rings. The molecule has 1 amide bonds. The number of aliphatic carboxylic acids is 1. The van der Waals surface area contributed by atoms with Gasteiger partial charge in [0.05, 0.1) is 5.75 Å². The number of amides is 1. The minimum Gasteiger partial charge on any atom is -0.480 e. The van der Waals surface area contributed by atoms with Gasteiger partial charge in [-0.2, -0.15) is 29.2 Å². The molecule has 1 fully saturated rings. The molecular formula is C32H43F3N2O5S2. The zero-order chi connectivity index (χ0) is 32.3. The van der Waals surface area contributed by atoms with Crippen LogP contribution in [-0.4, -0.2) is 66.2 Å². The van der Waals surface area contributed by atoms with E-state index in [0.29, 0.717) is 29.2 Å². The molecule has 1 atom stereocenters. The maximum Gasteiger partial charge on any atom is 0.389 e. The standard InChI is InChI=1S/C32H43F3N2O5S2/c1-23-9-6-7-12-26(23)28-21-25(13-14-27(28)30(38)36-29(31(39)40)16-19-43-2)22-37(18-15-24-10-4-3-5-11-24)44(41,42)20-8-17-32(33,34)35/h6-7,9,12-14,21,24,29H,3-5,8,10-11,15-20,22H2,1-2H3,(H,36,38)(H,39,40)/t29-/m0/s1. The molecule has 2 aromatic carbocycles. The van der Waals surface area contributed by atoms with Crippen molar-refractivity contribution >= 4 is 33.7 Å². The Kier molecular flexibility index (Phi) is 13.6. The van der Waals surface area contributed by atoms with E-state index in [-0.39, 0.29) is 25.1 Å². The maximum absolute atomic E-state index is 13.4. The minimum absolute atomic E-state index is 0.0483. The first kappa shape index (κ1) is 35.9. The van der Waals surface area contributed by atoms with Crippen LogP contribution in [0.2, 0.25) is 0 Å². The second-order valence-electron chi connectivity index (χ2n) is 11.5. The van der Waals surface area contributed by atoms with Crippen molar-refractivity contribution in [2.75, 3.05) is 24.3 Å². The fraction of sp³-hybridized carbons (Fsp3) is 0.562. The van der Waals surface area contributed by atoms with Gasteiger partial charge in [0.2, 0.25) is 10.0 Å². The number of hydrogen-bond acceptors (Lipinski definition) is 5. The molecule has 12 heteroatoms. The van der Waals surface area contributed by atoms with Gasteiger partial charge in [0, 0.05) is 25.1 Å². The number of aryl methyl sites for hydroxylation is 1. The van der Waals surface area contributed by atoms with Gasteiger partial charge in [-0.3, -0.25) is 4.79 Å². The average Bonchev–Trinajstić information content (AvgIpc) is 2.97. The number of carbonyl (C=O) groups excluding carboxylic acids is 1. The molecule has 244 valence electrons. The maximum atomic E-state index is 13.4. The Hall–Kier alpha value is -2.57. The molecule has 0 heterocycles. The lowest BCUT2D eigenvalue weighted by Gasteiger charge is -2.27. The molecule has 44 heavy (non-hydrogen) atoms. The van der Waals surface area contributed by atoms with E-state index in [0.717, 1.165) is 43.2 Å². The molecule has 1 saturated carbocycles. The highest BCUT2D eigenvalue weighted by Gasteiger charge is 2.30. The van der Waals surface area contributed by atoms with Crippen LogP contribution < -0.4 is 5.32 Å². The molecule has 3 rings (SSSR count). The number of carbonyl (C=O) groups is 2. The highest BCUT2D eigenvalue weighted by Crippen LogP contribution is 2.31. The molecule has 1 aliphatic rings. The van der Waals surface area contributed by atoms with Crippen LogP contribution in [0.5, 0.6) is 0 Å². The Labute approximate surface area is 263 Å². The van der Waals surface area contributed by atoms with Crippen LogP contribution in [0.25, 0.3) is 11.1 Å². The van der Waals surface area contributed by atoms with Gasteiger partial charge in [-0.05, 0) is 78.5 Å². The fourth-order valence-electron chi connectivity index (χ4n) is 5.62. The van der Waals surface area contributed by atoms with Crippen molar-refractivity contribution in [1.82, 2.24) is 9.62 Å². The summed E-state index contributed by atoms with van der Waals surface area (Å²) in [7, 11) is -4.00. The molecular weight excluding hydrogens is 613 g/mol. The first-order chi connectivity index (χ1) is 20.8. The van der Waals surface area contributed by atoms with E-state index in [1.54, 1.807) is 18.2 Å². The summed E-state index contributed by atoms with van der Waals surface area (Å²) in [5.74, 6) is -1.37. The molecule has 0 saturated heterocycles. The number of sulfonamides is 1. The number of halogens is 3. The van der Waals surface area contributed by atoms with Crippen LogP contribution in [0.15, 0.2) is 42.5 Å². The van der Waals surface area contributed by atoms with Gasteiger partial charge in [-0.25, -0.2) is 13.2 Å². The van der Waals surface area contributed by atoms with Crippen LogP contribution in [0.1, 0.15) is 79.3 Å². The molecule has 0 radical (unpaired) electrons. The number of carboxylic acid groups (broad SMARTS) is 1. The molecule has 2 N–H and O–H groups in total. The number of benzene rings is 2. The summed E-state index contributed by atoms with van der Waals surface area (Å²) in [5, 5.41) is 12.3. The van der Waals surface area contributed by atoms with Crippen LogP contribution in [-0.2, 0) is 21.4 Å². The lowest BCUT2D eigenvalue weighted by molar-refractivity contribution is -0.139. The number of hydrogen-bond donors (Lipinski definition) is 2. The van der Waals surface area contributed by atoms with E-state index in [1.807, 2.05) is 37.4 Å². The quantitative estimate of drug-likeness (QED) is 0.201. The molecule has 0 unspecified atom stereocenters. The van der Waals surface area contributed by atoms with Crippen LogP contribution in [0, 0.1) is 12.8 Å². The topological polar surface area (TPSA) is 104 Å². The fourth-order valence-corrected chi connectivity index (χ4v) is 7.59. The number of rotatable bonds is 16. The SMILES string of the molecule is CSCC[C@H](NC(=O)c1ccc(CN(CCC2CCCCC2)S(=O)(=O)CCCC(F)(F)F)cc1-c1ccccc1C)C(=O)O. The van der Waals surface area contributed by atoms with E-state index in [9.17, 15) is 36.3 Å².